The molecule has 0 aliphatic rings. The summed E-state index contributed by atoms with van der Waals surface area (Å²) in [5.41, 5.74) is 1.38. The molecule has 0 aliphatic carbocycles. The van der Waals surface area contributed by atoms with Gasteiger partial charge in [0.25, 0.3) is 0 Å². The third-order valence-electron chi connectivity index (χ3n) is 5.42. The van der Waals surface area contributed by atoms with E-state index < -0.39 is 11.6 Å². The molecule has 1 atom stereocenters. The third kappa shape index (κ3) is 8.77. The number of benzene rings is 2. The number of ether oxygens (including phenoxy) is 2. The van der Waals surface area contributed by atoms with Gasteiger partial charge < -0.3 is 19.7 Å². The summed E-state index contributed by atoms with van der Waals surface area (Å²) in [4.78, 5) is 28.3. The maximum atomic E-state index is 13.5. The van der Waals surface area contributed by atoms with Gasteiger partial charge >= 0.3 is 0 Å². The summed E-state index contributed by atoms with van der Waals surface area (Å²) < 4.78 is 11.4. The minimum Gasteiger partial charge on any atom is -0.490 e. The van der Waals surface area contributed by atoms with Crippen molar-refractivity contribution in [2.45, 2.75) is 78.9 Å². The van der Waals surface area contributed by atoms with E-state index in [4.69, 9.17) is 21.1 Å². The third-order valence-corrected chi connectivity index (χ3v) is 5.79. The van der Waals surface area contributed by atoms with Gasteiger partial charge in [0.15, 0.2) is 11.5 Å². The normalized spacial score (nSPS) is 12.1. The number of hydrogen-bond donors (Lipinski definition) is 1. The fraction of sp³-hybridized carbons (Fsp3) is 0.500. The van der Waals surface area contributed by atoms with Gasteiger partial charge in [-0.25, -0.2) is 0 Å². The van der Waals surface area contributed by atoms with E-state index >= 15 is 0 Å². The van der Waals surface area contributed by atoms with Gasteiger partial charge in [-0.1, -0.05) is 42.8 Å². The number of hydrogen-bond acceptors (Lipinski definition) is 4. The SMILES string of the molecule is CCOc1ccc(CCC(=O)N(Cc2ccccc2Cl)C(CC)C(=O)NC(C)(C)C)cc1OCC. The molecule has 0 spiro atoms. The molecule has 0 aromatic heterocycles. The number of nitrogens with one attached hydrogen (secondary N) is 1. The van der Waals surface area contributed by atoms with Crippen LogP contribution in [0.3, 0.4) is 0 Å². The van der Waals surface area contributed by atoms with Crippen molar-refractivity contribution >= 4 is 23.4 Å². The molecule has 2 rings (SSSR count). The van der Waals surface area contributed by atoms with Gasteiger partial charge in [-0.3, -0.25) is 9.59 Å². The Hall–Kier alpha value is -2.73. The number of halogens is 1. The maximum Gasteiger partial charge on any atom is 0.243 e. The average molecular weight is 503 g/mol. The molecule has 0 radical (unpaired) electrons. The molecule has 1 N–H and O–H groups in total. The molecule has 0 heterocycles. The van der Waals surface area contributed by atoms with Gasteiger partial charge in [-0.2, -0.15) is 0 Å². The molecule has 0 fully saturated rings. The van der Waals surface area contributed by atoms with E-state index in [0.29, 0.717) is 42.6 Å². The van der Waals surface area contributed by atoms with Crippen LogP contribution in [0.15, 0.2) is 42.5 Å². The number of carbonyl (C=O) groups is 2. The largest absolute Gasteiger partial charge is 0.490 e. The monoisotopic (exact) mass is 502 g/mol. The molecule has 2 amide bonds. The number of aryl methyl sites for hydroxylation is 1. The Morgan fingerprint density at radius 3 is 2.26 bits per heavy atom. The molecule has 2 aromatic carbocycles. The molecule has 0 bridgehead atoms. The lowest BCUT2D eigenvalue weighted by Crippen LogP contribution is -2.53. The van der Waals surface area contributed by atoms with Crippen LogP contribution in [0.2, 0.25) is 5.02 Å². The number of carbonyl (C=O) groups excluding carboxylic acids is 2. The molecule has 192 valence electrons. The van der Waals surface area contributed by atoms with E-state index in [0.717, 1.165) is 11.1 Å². The fourth-order valence-electron chi connectivity index (χ4n) is 3.83. The number of amides is 2. The Morgan fingerprint density at radius 1 is 1.00 bits per heavy atom. The van der Waals surface area contributed by atoms with Gasteiger partial charge in [0, 0.05) is 23.5 Å². The minimum absolute atomic E-state index is 0.104. The van der Waals surface area contributed by atoms with Crippen LogP contribution in [0, 0.1) is 0 Å². The molecule has 6 nitrogen and oxygen atoms in total. The van der Waals surface area contributed by atoms with E-state index in [1.165, 1.54) is 0 Å². The maximum absolute atomic E-state index is 13.5. The molecule has 0 saturated heterocycles. The first kappa shape index (κ1) is 28.5. The molecule has 0 saturated carbocycles. The van der Waals surface area contributed by atoms with Crippen LogP contribution in [0.1, 0.15) is 65.5 Å². The Balaban J connectivity index is 2.27. The zero-order chi connectivity index (χ0) is 26.0. The first-order chi connectivity index (χ1) is 16.6. The molecule has 2 aromatic rings. The first-order valence-electron chi connectivity index (χ1n) is 12.3. The molecule has 1 unspecified atom stereocenters. The van der Waals surface area contributed by atoms with Gasteiger partial charge in [-0.05, 0) is 76.8 Å². The van der Waals surface area contributed by atoms with Crippen LogP contribution in [0.25, 0.3) is 0 Å². The van der Waals surface area contributed by atoms with Crippen molar-refractivity contribution in [3.8, 4) is 11.5 Å². The van der Waals surface area contributed by atoms with Gasteiger partial charge in [0.05, 0.1) is 13.2 Å². The lowest BCUT2D eigenvalue weighted by Gasteiger charge is -2.33. The molecular weight excluding hydrogens is 464 g/mol. The van der Waals surface area contributed by atoms with Crippen LogP contribution >= 0.6 is 11.6 Å². The zero-order valence-corrected chi connectivity index (χ0v) is 22.6. The fourth-order valence-corrected chi connectivity index (χ4v) is 4.02. The van der Waals surface area contributed by atoms with E-state index in [2.05, 4.69) is 5.32 Å². The summed E-state index contributed by atoms with van der Waals surface area (Å²) in [6, 6.07) is 12.6. The first-order valence-corrected chi connectivity index (χ1v) is 12.7. The van der Waals surface area contributed by atoms with Gasteiger partial charge in [0.2, 0.25) is 11.8 Å². The van der Waals surface area contributed by atoms with Gasteiger partial charge in [0.1, 0.15) is 6.04 Å². The summed E-state index contributed by atoms with van der Waals surface area (Å²) >= 11 is 6.40. The highest BCUT2D eigenvalue weighted by Crippen LogP contribution is 2.29. The summed E-state index contributed by atoms with van der Waals surface area (Å²) in [7, 11) is 0. The zero-order valence-electron chi connectivity index (χ0n) is 21.8. The van der Waals surface area contributed by atoms with Gasteiger partial charge in [-0.15, -0.1) is 0 Å². The smallest absolute Gasteiger partial charge is 0.243 e. The standard InChI is InChI=1S/C28H39ClN2O4/c1-7-23(27(33)30-28(4,5)6)31(19-21-12-10-11-13-22(21)29)26(32)17-15-20-14-16-24(34-8-2)25(18-20)35-9-3/h10-14,16,18,23H,7-9,15,17,19H2,1-6H3,(H,30,33). The number of nitrogens with zero attached hydrogens (tertiary/aromatic N) is 1. The Labute approximate surface area is 214 Å². The van der Waals surface area contributed by atoms with Crippen LogP contribution in [0.4, 0.5) is 0 Å². The minimum atomic E-state index is -0.600. The highest BCUT2D eigenvalue weighted by molar-refractivity contribution is 6.31. The highest BCUT2D eigenvalue weighted by atomic mass is 35.5. The Bertz CT molecular complexity index is 987. The van der Waals surface area contributed by atoms with Crippen LogP contribution in [0.5, 0.6) is 11.5 Å². The lowest BCUT2D eigenvalue weighted by molar-refractivity contribution is -0.142. The molecule has 0 aliphatic heterocycles. The van der Waals surface area contributed by atoms with Crippen LogP contribution in [-0.2, 0) is 22.6 Å². The number of rotatable bonds is 12. The highest BCUT2D eigenvalue weighted by Gasteiger charge is 2.30. The van der Waals surface area contributed by atoms with E-state index in [-0.39, 0.29) is 24.8 Å². The van der Waals surface area contributed by atoms with Crippen molar-refractivity contribution < 1.29 is 19.1 Å². The van der Waals surface area contributed by atoms with Crippen molar-refractivity contribution in [1.29, 1.82) is 0 Å². The molecule has 7 heteroatoms. The van der Waals surface area contributed by atoms with Crippen molar-refractivity contribution in [1.82, 2.24) is 10.2 Å². The Kier molecular flexibility index (Phi) is 10.9. The summed E-state index contributed by atoms with van der Waals surface area (Å²) in [5, 5.41) is 3.60. The van der Waals surface area contributed by atoms with E-state index in [1.54, 1.807) is 11.0 Å². The Morgan fingerprint density at radius 2 is 1.66 bits per heavy atom. The lowest BCUT2D eigenvalue weighted by atomic mass is 10.0. The topological polar surface area (TPSA) is 67.9 Å². The van der Waals surface area contributed by atoms with Crippen molar-refractivity contribution in [2.24, 2.45) is 0 Å². The average Bonchev–Trinajstić information content (AvgIpc) is 2.79. The summed E-state index contributed by atoms with van der Waals surface area (Å²) in [5.74, 6) is 1.09. The van der Waals surface area contributed by atoms with Crippen LogP contribution in [-0.4, -0.2) is 41.5 Å². The van der Waals surface area contributed by atoms with E-state index in [9.17, 15) is 9.59 Å². The van der Waals surface area contributed by atoms with E-state index in [1.807, 2.05) is 77.9 Å². The quantitative estimate of drug-likeness (QED) is 0.398. The molecular formula is C28H39ClN2O4. The second-order valence-electron chi connectivity index (χ2n) is 9.42. The van der Waals surface area contributed by atoms with Crippen molar-refractivity contribution in [2.75, 3.05) is 13.2 Å². The molecule has 35 heavy (non-hydrogen) atoms. The predicted molar refractivity (Wildman–Crippen MR) is 141 cm³/mol. The van der Waals surface area contributed by atoms with Crippen LogP contribution < -0.4 is 14.8 Å². The van der Waals surface area contributed by atoms with Crippen molar-refractivity contribution in [3.63, 3.8) is 0 Å². The summed E-state index contributed by atoms with van der Waals surface area (Å²) in [6.45, 7) is 12.9. The predicted octanol–water partition coefficient (Wildman–Crippen LogP) is 5.79. The summed E-state index contributed by atoms with van der Waals surface area (Å²) in [6.07, 6.45) is 1.26. The second-order valence-corrected chi connectivity index (χ2v) is 9.83. The van der Waals surface area contributed by atoms with Crippen molar-refractivity contribution in [3.05, 3.63) is 58.6 Å². The second kappa shape index (κ2) is 13.4.